The number of morpholine rings is 1. The largest absolute Gasteiger partial charge is 0.478 e. The molecular weight excluding hydrogens is 660 g/mol. The zero-order valence-corrected chi connectivity index (χ0v) is 29.0. The Hall–Kier alpha value is -4.63. The Morgan fingerprint density at radius 3 is 2.44 bits per heavy atom. The molecule has 2 aromatic carbocycles. The summed E-state index contributed by atoms with van der Waals surface area (Å²) >= 11 is 0. The zero-order chi connectivity index (χ0) is 35.4. The molecule has 2 aromatic heterocycles. The van der Waals surface area contributed by atoms with Crippen molar-refractivity contribution in [3.05, 3.63) is 89.9 Å². The molecule has 0 radical (unpaired) electrons. The van der Waals surface area contributed by atoms with E-state index in [2.05, 4.69) is 24.1 Å². The fourth-order valence-corrected chi connectivity index (χ4v) is 7.90. The minimum Gasteiger partial charge on any atom is -0.478 e. The molecule has 2 N–H and O–H groups in total. The number of benzene rings is 2. The van der Waals surface area contributed by atoms with Gasteiger partial charge in [-0.2, -0.15) is 4.31 Å². The number of carboxylic acids is 1. The standard InChI is InChI=1S/C36H42N6O7S/c1-25(2)26-7-6-8-27(21-26)30-22-28(36(45)46)23-40-24-31(38-33(30)40)35(44)42-16-15-41(50(47,48)29-9-4-3-5-10-29)13-11-32(42)34(43)37-12-14-39-17-19-49-20-18-39/h3-10,21-25,32H,11-20H2,1-2H3,(H,37,43)(H,45,46). The van der Waals surface area contributed by atoms with E-state index < -0.39 is 27.9 Å². The molecule has 14 heteroatoms. The summed E-state index contributed by atoms with van der Waals surface area (Å²) < 4.78 is 35.4. The van der Waals surface area contributed by atoms with Crippen LogP contribution in [-0.4, -0.2) is 120 Å². The molecule has 2 amide bonds. The number of carboxylic acid groups (broad SMARTS) is 1. The fourth-order valence-electron chi connectivity index (χ4n) is 6.43. The SMILES string of the molecule is CC(C)c1cccc(-c2cc(C(=O)O)cn3cc(C(=O)N4CCN(S(=O)(=O)c5ccccc5)CCC4C(=O)NCCN4CCOCC4)nc23)c1. The number of nitrogens with one attached hydrogen (secondary N) is 1. The Morgan fingerprint density at radius 2 is 1.72 bits per heavy atom. The zero-order valence-electron chi connectivity index (χ0n) is 28.2. The van der Waals surface area contributed by atoms with Gasteiger partial charge < -0.3 is 24.5 Å². The minimum atomic E-state index is -3.89. The number of nitrogens with zero attached hydrogens (tertiary/aromatic N) is 5. The van der Waals surface area contributed by atoms with Gasteiger partial charge in [0.05, 0.1) is 23.7 Å². The highest BCUT2D eigenvalue weighted by Crippen LogP contribution is 2.30. The Bertz CT molecular complexity index is 1980. The highest BCUT2D eigenvalue weighted by molar-refractivity contribution is 7.89. The number of carbonyl (C=O) groups excluding carboxylic acids is 2. The Labute approximate surface area is 291 Å². The van der Waals surface area contributed by atoms with Gasteiger partial charge in [0.2, 0.25) is 15.9 Å². The number of ether oxygens (including phenoxy) is 1. The van der Waals surface area contributed by atoms with Crippen LogP contribution in [0.3, 0.4) is 0 Å². The summed E-state index contributed by atoms with van der Waals surface area (Å²) in [7, 11) is -3.89. The van der Waals surface area contributed by atoms with Crippen molar-refractivity contribution in [1.82, 2.24) is 28.8 Å². The van der Waals surface area contributed by atoms with E-state index in [4.69, 9.17) is 9.72 Å². The molecule has 6 rings (SSSR count). The van der Waals surface area contributed by atoms with Crippen molar-refractivity contribution < 1.29 is 32.6 Å². The van der Waals surface area contributed by atoms with Crippen LogP contribution in [0.2, 0.25) is 0 Å². The first kappa shape index (κ1) is 35.2. The summed E-state index contributed by atoms with van der Waals surface area (Å²) in [6.07, 6.45) is 2.95. The Morgan fingerprint density at radius 1 is 0.960 bits per heavy atom. The van der Waals surface area contributed by atoms with Crippen LogP contribution in [0.15, 0.2) is 78.0 Å². The number of carbonyl (C=O) groups is 3. The first-order valence-electron chi connectivity index (χ1n) is 16.8. The molecule has 2 fully saturated rings. The predicted octanol–water partition coefficient (Wildman–Crippen LogP) is 3.18. The molecule has 0 bridgehead atoms. The van der Waals surface area contributed by atoms with Gasteiger partial charge in [0, 0.05) is 63.8 Å². The van der Waals surface area contributed by atoms with Crippen LogP contribution in [0.25, 0.3) is 16.8 Å². The van der Waals surface area contributed by atoms with Crippen LogP contribution in [-0.2, 0) is 19.6 Å². The van der Waals surface area contributed by atoms with Gasteiger partial charge in [-0.05, 0) is 41.7 Å². The smallest absolute Gasteiger partial charge is 0.337 e. The van der Waals surface area contributed by atoms with Crippen LogP contribution >= 0.6 is 0 Å². The van der Waals surface area contributed by atoms with Gasteiger partial charge in [-0.3, -0.25) is 14.5 Å². The molecule has 4 aromatic rings. The van der Waals surface area contributed by atoms with Gasteiger partial charge in [0.15, 0.2) is 0 Å². The lowest BCUT2D eigenvalue weighted by Crippen LogP contribution is -2.51. The second-order valence-corrected chi connectivity index (χ2v) is 14.8. The van der Waals surface area contributed by atoms with Gasteiger partial charge in [-0.15, -0.1) is 0 Å². The van der Waals surface area contributed by atoms with E-state index in [1.807, 2.05) is 24.3 Å². The van der Waals surface area contributed by atoms with Gasteiger partial charge >= 0.3 is 5.97 Å². The topological polar surface area (TPSA) is 154 Å². The summed E-state index contributed by atoms with van der Waals surface area (Å²) in [4.78, 5) is 48.7. The molecule has 4 heterocycles. The maximum Gasteiger partial charge on any atom is 0.337 e. The summed E-state index contributed by atoms with van der Waals surface area (Å²) in [5, 5.41) is 12.9. The molecule has 1 atom stereocenters. The highest BCUT2D eigenvalue weighted by Gasteiger charge is 2.37. The third-order valence-electron chi connectivity index (χ3n) is 9.28. The van der Waals surface area contributed by atoms with Crippen molar-refractivity contribution in [2.24, 2.45) is 0 Å². The molecule has 2 saturated heterocycles. The number of hydrogen-bond donors (Lipinski definition) is 2. The average Bonchev–Trinajstić information content (AvgIpc) is 3.43. The number of imidazole rings is 1. The summed E-state index contributed by atoms with van der Waals surface area (Å²) in [6.45, 7) is 7.84. The fraction of sp³-hybridized carbons (Fsp3) is 0.389. The Kier molecular flexibility index (Phi) is 10.6. The minimum absolute atomic E-state index is 0.0132. The number of fused-ring (bicyclic) bond motifs is 1. The Balaban J connectivity index is 1.33. The van der Waals surface area contributed by atoms with Crippen LogP contribution in [0.4, 0.5) is 0 Å². The van der Waals surface area contributed by atoms with Crippen LogP contribution in [0, 0.1) is 0 Å². The lowest BCUT2D eigenvalue weighted by molar-refractivity contribution is -0.125. The van der Waals surface area contributed by atoms with E-state index in [1.54, 1.807) is 24.3 Å². The lowest BCUT2D eigenvalue weighted by atomic mass is 9.97. The van der Waals surface area contributed by atoms with Gasteiger partial charge in [-0.1, -0.05) is 56.3 Å². The normalized spacial score (nSPS) is 17.9. The molecule has 0 saturated carbocycles. The number of sulfonamides is 1. The van der Waals surface area contributed by atoms with E-state index in [9.17, 15) is 27.9 Å². The number of aromatic carboxylic acids is 1. The van der Waals surface area contributed by atoms with E-state index in [0.717, 1.165) is 24.2 Å². The van der Waals surface area contributed by atoms with Crippen LogP contribution in [0.1, 0.15) is 52.6 Å². The van der Waals surface area contributed by atoms with E-state index >= 15 is 0 Å². The molecule has 2 aliphatic heterocycles. The van der Waals surface area contributed by atoms with Crippen molar-refractivity contribution in [1.29, 1.82) is 0 Å². The lowest BCUT2D eigenvalue weighted by Gasteiger charge is -2.29. The van der Waals surface area contributed by atoms with Crippen molar-refractivity contribution in [3.8, 4) is 11.1 Å². The molecular formula is C36H42N6O7S. The third kappa shape index (κ3) is 7.58. The predicted molar refractivity (Wildman–Crippen MR) is 187 cm³/mol. The molecule has 2 aliphatic rings. The highest BCUT2D eigenvalue weighted by atomic mass is 32.2. The van der Waals surface area contributed by atoms with E-state index in [0.29, 0.717) is 37.5 Å². The van der Waals surface area contributed by atoms with Crippen LogP contribution in [0.5, 0.6) is 0 Å². The number of hydrogen-bond acceptors (Lipinski definition) is 8. The monoisotopic (exact) mass is 702 g/mol. The molecule has 1 unspecified atom stereocenters. The van der Waals surface area contributed by atoms with Gasteiger partial charge in [0.25, 0.3) is 5.91 Å². The summed E-state index contributed by atoms with van der Waals surface area (Å²) in [5.41, 5.74) is 2.77. The van der Waals surface area contributed by atoms with Crippen molar-refractivity contribution >= 4 is 33.5 Å². The number of amides is 2. The number of aromatic nitrogens is 2. The quantitative estimate of drug-likeness (QED) is 0.254. The molecule has 264 valence electrons. The van der Waals surface area contributed by atoms with Crippen molar-refractivity contribution in [2.75, 3.05) is 59.0 Å². The molecule has 50 heavy (non-hydrogen) atoms. The second kappa shape index (κ2) is 15.1. The third-order valence-corrected chi connectivity index (χ3v) is 11.2. The first-order chi connectivity index (χ1) is 24.0. The number of rotatable bonds is 10. The van der Waals surface area contributed by atoms with Gasteiger partial charge in [-0.25, -0.2) is 18.2 Å². The molecule has 13 nitrogen and oxygen atoms in total. The van der Waals surface area contributed by atoms with Gasteiger partial charge in [0.1, 0.15) is 17.4 Å². The summed E-state index contributed by atoms with van der Waals surface area (Å²) in [6, 6.07) is 16.4. The maximum atomic E-state index is 14.4. The van der Waals surface area contributed by atoms with Crippen molar-refractivity contribution in [2.45, 2.75) is 37.1 Å². The van der Waals surface area contributed by atoms with E-state index in [1.165, 1.54) is 38.1 Å². The van der Waals surface area contributed by atoms with Crippen LogP contribution < -0.4 is 5.32 Å². The van der Waals surface area contributed by atoms with E-state index in [-0.39, 0.29) is 54.0 Å². The second-order valence-electron chi connectivity index (χ2n) is 12.8. The molecule has 0 spiro atoms. The van der Waals surface area contributed by atoms with Crippen molar-refractivity contribution in [3.63, 3.8) is 0 Å². The maximum absolute atomic E-state index is 14.4. The first-order valence-corrected chi connectivity index (χ1v) is 18.3. The molecule has 0 aliphatic carbocycles. The summed E-state index contributed by atoms with van der Waals surface area (Å²) in [5.74, 6) is -1.83. The number of pyridine rings is 1. The average molecular weight is 703 g/mol.